The topological polar surface area (TPSA) is 169 Å². The molecule has 2 heterocycles. The van der Waals surface area contributed by atoms with E-state index in [-0.39, 0.29) is 0 Å². The van der Waals surface area contributed by atoms with E-state index in [1.807, 2.05) is 0 Å². The minimum atomic E-state index is -1.67. The van der Waals surface area contributed by atoms with Crippen LogP contribution in [0.5, 0.6) is 0 Å². The molecule has 10 nitrogen and oxygen atoms in total. The number of unbranched alkanes of at least 4 members (excludes halogenated alkanes) is 8. The first-order chi connectivity index (χ1) is 16.3. The number of hydrogen-bond donors (Lipinski definition) is 7. The molecule has 34 heavy (non-hydrogen) atoms. The van der Waals surface area contributed by atoms with Crippen molar-refractivity contribution in [1.29, 1.82) is 0 Å². The first kappa shape index (κ1) is 30.2. The molecule has 0 aromatic heterocycles. The Labute approximate surface area is 206 Å². The zero-order valence-electron chi connectivity index (χ0n) is 20.0. The highest BCUT2D eigenvalue weighted by Crippen LogP contribution is 2.33. The highest BCUT2D eigenvalue weighted by Gasteiger charge is 2.50. The molecule has 0 aliphatic carbocycles. The van der Waals surface area contributed by atoms with Crippen molar-refractivity contribution in [3.8, 4) is 0 Å². The monoisotopic (exact) mass is 512 g/mol. The van der Waals surface area contributed by atoms with E-state index in [1.165, 1.54) is 50.3 Å². The lowest BCUT2D eigenvalue weighted by Gasteiger charge is -2.46. The first-order valence-corrected chi connectivity index (χ1v) is 13.6. The van der Waals surface area contributed by atoms with Gasteiger partial charge < -0.3 is 50.0 Å². The molecular weight excluding hydrogens is 468 g/mol. The van der Waals surface area contributed by atoms with Crippen molar-refractivity contribution < 1.29 is 50.0 Å². The fraction of sp³-hybridized carbons (Fsp3) is 1.00. The molecule has 10 atom stereocenters. The number of ether oxygens (including phenoxy) is 3. The maximum atomic E-state index is 10.7. The van der Waals surface area contributed by atoms with E-state index in [1.54, 1.807) is 0 Å². The molecule has 0 amide bonds. The van der Waals surface area contributed by atoms with Gasteiger partial charge in [-0.15, -0.1) is 11.8 Å². The molecule has 0 unspecified atom stereocenters. The van der Waals surface area contributed by atoms with E-state index >= 15 is 0 Å². The number of aliphatic hydroxyl groups is 7. The Balaban J connectivity index is 1.78. The Hall–Kier alpha value is -0.0500. The fourth-order valence-corrected chi connectivity index (χ4v) is 5.49. The van der Waals surface area contributed by atoms with Gasteiger partial charge in [0.1, 0.15) is 54.3 Å². The van der Waals surface area contributed by atoms with Crippen molar-refractivity contribution in [2.24, 2.45) is 0 Å². The molecule has 0 spiro atoms. The zero-order valence-corrected chi connectivity index (χ0v) is 20.8. The summed E-state index contributed by atoms with van der Waals surface area (Å²) in [4.78, 5) is 0. The third-order valence-corrected chi connectivity index (χ3v) is 7.73. The normalized spacial score (nSPS) is 38.8. The Bertz CT molecular complexity index is 540. The van der Waals surface area contributed by atoms with Crippen LogP contribution in [-0.2, 0) is 14.2 Å². The van der Waals surface area contributed by atoms with Crippen LogP contribution in [0.1, 0.15) is 64.7 Å². The second kappa shape index (κ2) is 15.9. The molecule has 2 fully saturated rings. The summed E-state index contributed by atoms with van der Waals surface area (Å²) in [5.74, 6) is 0.737. The average Bonchev–Trinajstić information content (AvgIpc) is 2.84. The van der Waals surface area contributed by atoms with Gasteiger partial charge in [0.15, 0.2) is 6.29 Å². The minimum Gasteiger partial charge on any atom is -0.394 e. The van der Waals surface area contributed by atoms with E-state index in [9.17, 15) is 35.7 Å². The SMILES string of the molecule is CCCCCCCCCCCS[C@@H]1O[C@@H](CO)[C@@H](O[C@H]2O[C@@H](CO)[C@@H](O)[C@@H](O)[C@H]2O)[C@@H](O)[C@@H]1O. The number of thioether (sulfide) groups is 1. The van der Waals surface area contributed by atoms with Gasteiger partial charge >= 0.3 is 0 Å². The van der Waals surface area contributed by atoms with Crippen LogP contribution < -0.4 is 0 Å². The summed E-state index contributed by atoms with van der Waals surface area (Å²) in [6.45, 7) is 1.07. The molecular formula is C23H44O10S. The maximum Gasteiger partial charge on any atom is 0.187 e. The Morgan fingerprint density at radius 2 is 1.24 bits per heavy atom. The van der Waals surface area contributed by atoms with Crippen molar-refractivity contribution in [3.63, 3.8) is 0 Å². The van der Waals surface area contributed by atoms with E-state index in [2.05, 4.69) is 6.92 Å². The fourth-order valence-electron chi connectivity index (χ4n) is 4.31. The van der Waals surface area contributed by atoms with E-state index in [0.717, 1.165) is 25.0 Å². The summed E-state index contributed by atoms with van der Waals surface area (Å²) in [6.07, 6.45) is -1.73. The lowest BCUT2D eigenvalue weighted by atomic mass is 9.97. The van der Waals surface area contributed by atoms with Crippen molar-refractivity contribution in [2.45, 2.75) is 125 Å². The van der Waals surface area contributed by atoms with Crippen molar-refractivity contribution in [2.75, 3.05) is 19.0 Å². The second-order valence-corrected chi connectivity index (χ2v) is 10.4. The van der Waals surface area contributed by atoms with Gasteiger partial charge in [0.2, 0.25) is 0 Å². The van der Waals surface area contributed by atoms with Gasteiger partial charge in [-0.05, 0) is 12.2 Å². The third kappa shape index (κ3) is 8.52. The number of rotatable bonds is 15. The molecule has 7 N–H and O–H groups in total. The van der Waals surface area contributed by atoms with Crippen LogP contribution in [0.4, 0.5) is 0 Å². The van der Waals surface area contributed by atoms with Crippen molar-refractivity contribution >= 4 is 11.8 Å². The van der Waals surface area contributed by atoms with E-state index < -0.39 is 73.8 Å². The van der Waals surface area contributed by atoms with Crippen LogP contribution in [0.15, 0.2) is 0 Å². The van der Waals surface area contributed by atoms with E-state index in [0.29, 0.717) is 0 Å². The maximum absolute atomic E-state index is 10.7. The molecule has 0 aromatic carbocycles. The second-order valence-electron chi connectivity index (χ2n) is 9.20. The molecule has 2 aliphatic heterocycles. The largest absolute Gasteiger partial charge is 0.394 e. The number of hydrogen-bond acceptors (Lipinski definition) is 11. The summed E-state index contributed by atoms with van der Waals surface area (Å²) in [6, 6.07) is 0. The minimum absolute atomic E-state index is 0.513. The predicted octanol–water partition coefficient (Wildman–Crippen LogP) is -0.125. The van der Waals surface area contributed by atoms with Crippen LogP contribution in [0.2, 0.25) is 0 Å². The third-order valence-electron chi connectivity index (χ3n) is 6.49. The standard InChI is InChI=1S/C23H44O10S/c1-2-3-4-5-6-7-8-9-10-11-34-23-20(30)18(28)21(15(13-25)32-23)33-22-19(29)17(27)16(26)14(12-24)31-22/h14-30H,2-13H2,1H3/t14-,15-,16+,17+,18-,19+,20-,21+,22+,23-/m0/s1. The summed E-state index contributed by atoms with van der Waals surface area (Å²) < 4.78 is 16.7. The smallest absolute Gasteiger partial charge is 0.187 e. The first-order valence-electron chi connectivity index (χ1n) is 12.6. The van der Waals surface area contributed by atoms with Crippen LogP contribution in [0, 0.1) is 0 Å². The Morgan fingerprint density at radius 3 is 1.82 bits per heavy atom. The van der Waals surface area contributed by atoms with Crippen molar-refractivity contribution in [3.05, 3.63) is 0 Å². The summed E-state index contributed by atoms with van der Waals surface area (Å²) >= 11 is 1.37. The Kier molecular flexibility index (Phi) is 14.1. The van der Waals surface area contributed by atoms with Crippen molar-refractivity contribution in [1.82, 2.24) is 0 Å². The summed E-state index contributed by atoms with van der Waals surface area (Å²) in [7, 11) is 0. The molecule has 2 saturated heterocycles. The van der Waals surface area contributed by atoms with Crippen LogP contribution in [-0.4, -0.2) is 115 Å². The summed E-state index contributed by atoms with van der Waals surface area (Å²) in [5, 5.41) is 70.3. The highest BCUT2D eigenvalue weighted by atomic mass is 32.2. The van der Waals surface area contributed by atoms with Crippen LogP contribution >= 0.6 is 11.8 Å². The molecule has 2 rings (SSSR count). The van der Waals surface area contributed by atoms with Gasteiger partial charge in [0.05, 0.1) is 13.2 Å². The predicted molar refractivity (Wildman–Crippen MR) is 126 cm³/mol. The highest BCUT2D eigenvalue weighted by molar-refractivity contribution is 7.99. The number of aliphatic hydroxyl groups excluding tert-OH is 7. The molecule has 0 saturated carbocycles. The van der Waals surface area contributed by atoms with Gasteiger partial charge in [0, 0.05) is 0 Å². The molecule has 0 radical (unpaired) electrons. The molecule has 0 bridgehead atoms. The lowest BCUT2D eigenvalue weighted by Crippen LogP contribution is -2.64. The summed E-state index contributed by atoms with van der Waals surface area (Å²) in [5.41, 5.74) is -0.754. The van der Waals surface area contributed by atoms with Gasteiger partial charge in [0.25, 0.3) is 0 Å². The quantitative estimate of drug-likeness (QED) is 0.146. The van der Waals surface area contributed by atoms with Gasteiger partial charge in [-0.2, -0.15) is 0 Å². The van der Waals surface area contributed by atoms with Gasteiger partial charge in [-0.1, -0.05) is 58.3 Å². The van der Waals surface area contributed by atoms with Crippen LogP contribution in [0.25, 0.3) is 0 Å². The van der Waals surface area contributed by atoms with E-state index in [4.69, 9.17) is 14.2 Å². The van der Waals surface area contributed by atoms with Gasteiger partial charge in [-0.3, -0.25) is 0 Å². The average molecular weight is 513 g/mol. The van der Waals surface area contributed by atoms with Crippen LogP contribution in [0.3, 0.4) is 0 Å². The molecule has 2 aliphatic rings. The molecule has 202 valence electrons. The molecule has 11 heteroatoms. The lowest BCUT2D eigenvalue weighted by molar-refractivity contribution is -0.338. The Morgan fingerprint density at radius 1 is 0.647 bits per heavy atom. The zero-order chi connectivity index (χ0) is 25.1. The molecule has 0 aromatic rings. The van der Waals surface area contributed by atoms with Gasteiger partial charge in [-0.25, -0.2) is 0 Å².